The van der Waals surface area contributed by atoms with Gasteiger partial charge in [0.05, 0.1) is 29.2 Å². The molecule has 266 valence electrons. The molecule has 0 fully saturated rings. The molecule has 0 unspecified atom stereocenters. The smallest absolute Gasteiger partial charge is 0.253 e. The van der Waals surface area contributed by atoms with Crippen molar-refractivity contribution in [1.82, 2.24) is 20.9 Å². The number of aromatic nitrogens is 1. The number of carbonyl (C=O) groups is 3. The SMILES string of the molecule is CCCCS(=O)(=O)C[C@@H](NC(=O)c1cccnc1)C(=O)N[C@@H](Cc1cc(F)cc(F)c1)[C@@H](O)[C@H](O)[C@@H](CCSC)NC(=O)c1ccccc1. The van der Waals surface area contributed by atoms with Crippen LogP contribution in [0.25, 0.3) is 0 Å². The first-order valence-electron chi connectivity index (χ1n) is 15.7. The molecule has 0 radical (unpaired) electrons. The number of unbranched alkanes of at least 4 members (excludes halogenated alkanes) is 1. The number of carbonyl (C=O) groups excluding carboxylic acids is 3. The fourth-order valence-electron chi connectivity index (χ4n) is 5.04. The maximum absolute atomic E-state index is 14.2. The van der Waals surface area contributed by atoms with E-state index in [1.807, 2.05) is 6.26 Å². The van der Waals surface area contributed by atoms with Crippen molar-refractivity contribution >= 4 is 39.3 Å². The third-order valence-electron chi connectivity index (χ3n) is 7.64. The first-order chi connectivity index (χ1) is 23.3. The van der Waals surface area contributed by atoms with E-state index in [-0.39, 0.29) is 23.3 Å². The summed E-state index contributed by atoms with van der Waals surface area (Å²) in [6, 6.07) is 9.55. The van der Waals surface area contributed by atoms with E-state index in [9.17, 15) is 41.8 Å². The molecule has 0 aliphatic heterocycles. The van der Waals surface area contributed by atoms with Crippen molar-refractivity contribution in [2.75, 3.05) is 23.5 Å². The van der Waals surface area contributed by atoms with Crippen molar-refractivity contribution in [3.05, 3.63) is 101 Å². The maximum atomic E-state index is 14.2. The molecule has 15 heteroatoms. The lowest BCUT2D eigenvalue weighted by atomic mass is 9.92. The largest absolute Gasteiger partial charge is 0.388 e. The second-order valence-electron chi connectivity index (χ2n) is 11.5. The molecular formula is C34H42F2N4O7S2. The van der Waals surface area contributed by atoms with Gasteiger partial charge in [-0.25, -0.2) is 17.2 Å². The molecule has 1 heterocycles. The number of hydrogen-bond donors (Lipinski definition) is 5. The molecule has 11 nitrogen and oxygen atoms in total. The van der Waals surface area contributed by atoms with Gasteiger partial charge in [-0.05, 0) is 73.2 Å². The van der Waals surface area contributed by atoms with E-state index in [1.165, 1.54) is 36.3 Å². The Morgan fingerprint density at radius 3 is 2.12 bits per heavy atom. The summed E-state index contributed by atoms with van der Waals surface area (Å²) in [5.74, 6) is -4.76. The summed E-state index contributed by atoms with van der Waals surface area (Å²) < 4.78 is 54.3. The maximum Gasteiger partial charge on any atom is 0.253 e. The lowest BCUT2D eigenvalue weighted by Crippen LogP contribution is -2.60. The second kappa shape index (κ2) is 19.3. The summed E-state index contributed by atoms with van der Waals surface area (Å²) in [4.78, 5) is 43.7. The molecule has 3 rings (SSSR count). The van der Waals surface area contributed by atoms with Gasteiger partial charge in [0.25, 0.3) is 11.8 Å². The third kappa shape index (κ3) is 12.8. The first kappa shape index (κ1) is 39.5. The van der Waals surface area contributed by atoms with Gasteiger partial charge in [0, 0.05) is 24.0 Å². The Labute approximate surface area is 289 Å². The Morgan fingerprint density at radius 1 is 0.878 bits per heavy atom. The lowest BCUT2D eigenvalue weighted by molar-refractivity contribution is -0.125. The molecule has 1 aromatic heterocycles. The number of rotatable bonds is 19. The molecule has 0 aliphatic carbocycles. The van der Waals surface area contributed by atoms with E-state index in [1.54, 1.807) is 37.3 Å². The van der Waals surface area contributed by atoms with Crippen LogP contribution in [0.5, 0.6) is 0 Å². The molecule has 2 aromatic carbocycles. The van der Waals surface area contributed by atoms with Gasteiger partial charge in [-0.1, -0.05) is 31.5 Å². The van der Waals surface area contributed by atoms with E-state index in [0.717, 1.165) is 12.1 Å². The van der Waals surface area contributed by atoms with Crippen molar-refractivity contribution < 1.29 is 41.8 Å². The van der Waals surface area contributed by atoms with Crippen LogP contribution in [-0.4, -0.2) is 95.2 Å². The second-order valence-corrected chi connectivity index (χ2v) is 14.8. The van der Waals surface area contributed by atoms with E-state index >= 15 is 0 Å². The number of aliphatic hydroxyl groups excluding tert-OH is 2. The number of sulfone groups is 1. The van der Waals surface area contributed by atoms with Crippen LogP contribution < -0.4 is 16.0 Å². The minimum atomic E-state index is -3.87. The average Bonchev–Trinajstić information content (AvgIpc) is 3.08. The Kier molecular flexibility index (Phi) is 15.6. The highest BCUT2D eigenvalue weighted by atomic mass is 32.2. The van der Waals surface area contributed by atoms with Crippen molar-refractivity contribution in [3.63, 3.8) is 0 Å². The normalized spacial score (nSPS) is 14.6. The van der Waals surface area contributed by atoms with E-state index < -0.39 is 81.7 Å². The van der Waals surface area contributed by atoms with Gasteiger partial charge in [0.2, 0.25) is 5.91 Å². The van der Waals surface area contributed by atoms with Crippen molar-refractivity contribution in [2.24, 2.45) is 0 Å². The monoisotopic (exact) mass is 720 g/mol. The van der Waals surface area contributed by atoms with E-state index in [0.29, 0.717) is 30.2 Å². The van der Waals surface area contributed by atoms with Crippen LogP contribution in [0.4, 0.5) is 8.78 Å². The van der Waals surface area contributed by atoms with Gasteiger partial charge in [0.15, 0.2) is 9.84 Å². The molecular weight excluding hydrogens is 679 g/mol. The van der Waals surface area contributed by atoms with Crippen LogP contribution in [-0.2, 0) is 21.1 Å². The Balaban J connectivity index is 1.95. The molecule has 3 amide bonds. The van der Waals surface area contributed by atoms with Gasteiger partial charge in [-0.15, -0.1) is 0 Å². The Morgan fingerprint density at radius 2 is 1.51 bits per heavy atom. The van der Waals surface area contributed by atoms with E-state index in [4.69, 9.17) is 0 Å². The van der Waals surface area contributed by atoms with Crippen molar-refractivity contribution in [1.29, 1.82) is 0 Å². The number of hydrogen-bond acceptors (Lipinski definition) is 9. The van der Waals surface area contributed by atoms with Gasteiger partial charge < -0.3 is 26.2 Å². The summed E-state index contributed by atoms with van der Waals surface area (Å²) in [6.07, 6.45) is 1.59. The van der Waals surface area contributed by atoms with Gasteiger partial charge in [-0.3, -0.25) is 19.4 Å². The number of benzene rings is 2. The van der Waals surface area contributed by atoms with E-state index in [2.05, 4.69) is 20.9 Å². The highest BCUT2D eigenvalue weighted by Gasteiger charge is 2.36. The lowest BCUT2D eigenvalue weighted by Gasteiger charge is -2.33. The number of thioether (sulfide) groups is 1. The summed E-state index contributed by atoms with van der Waals surface area (Å²) >= 11 is 1.43. The van der Waals surface area contributed by atoms with Crippen LogP contribution >= 0.6 is 11.8 Å². The zero-order chi connectivity index (χ0) is 36.0. The highest BCUT2D eigenvalue weighted by molar-refractivity contribution is 7.98. The number of pyridine rings is 1. The van der Waals surface area contributed by atoms with Crippen LogP contribution in [0, 0.1) is 11.6 Å². The fraction of sp³-hybridized carbons (Fsp3) is 0.412. The van der Waals surface area contributed by atoms with Crippen molar-refractivity contribution in [2.45, 2.75) is 62.9 Å². The molecule has 49 heavy (non-hydrogen) atoms. The molecule has 0 saturated heterocycles. The van der Waals surface area contributed by atoms with Crippen LogP contribution in [0.1, 0.15) is 52.5 Å². The molecule has 5 atom stereocenters. The number of nitrogens with one attached hydrogen (secondary N) is 3. The predicted octanol–water partition coefficient (Wildman–Crippen LogP) is 2.67. The molecule has 0 saturated carbocycles. The molecule has 0 aliphatic rings. The quantitative estimate of drug-likeness (QED) is 0.125. The minimum Gasteiger partial charge on any atom is -0.388 e. The topological polar surface area (TPSA) is 175 Å². The Bertz CT molecular complexity index is 1620. The first-order valence-corrected chi connectivity index (χ1v) is 18.9. The third-order valence-corrected chi connectivity index (χ3v) is 10.0. The summed E-state index contributed by atoms with van der Waals surface area (Å²) in [6.45, 7) is 1.80. The molecule has 5 N–H and O–H groups in total. The van der Waals surface area contributed by atoms with Gasteiger partial charge in [-0.2, -0.15) is 11.8 Å². The van der Waals surface area contributed by atoms with Gasteiger partial charge in [0.1, 0.15) is 29.9 Å². The predicted molar refractivity (Wildman–Crippen MR) is 184 cm³/mol. The zero-order valence-electron chi connectivity index (χ0n) is 27.2. The number of nitrogens with zero attached hydrogens (tertiary/aromatic N) is 1. The summed E-state index contributed by atoms with van der Waals surface area (Å²) in [7, 11) is -3.87. The number of halogens is 2. The van der Waals surface area contributed by atoms with Crippen LogP contribution in [0.15, 0.2) is 73.1 Å². The number of aliphatic hydroxyl groups is 2. The minimum absolute atomic E-state index is 0.00884. The van der Waals surface area contributed by atoms with Crippen LogP contribution in [0.2, 0.25) is 0 Å². The molecule has 3 aromatic rings. The average molecular weight is 721 g/mol. The molecule has 0 spiro atoms. The molecule has 0 bridgehead atoms. The Hall–Kier alpha value is -3.92. The highest BCUT2D eigenvalue weighted by Crippen LogP contribution is 2.18. The number of amides is 3. The summed E-state index contributed by atoms with van der Waals surface area (Å²) in [5.41, 5.74) is 0.365. The van der Waals surface area contributed by atoms with Crippen LogP contribution in [0.3, 0.4) is 0 Å². The fourth-order valence-corrected chi connectivity index (χ4v) is 7.16. The van der Waals surface area contributed by atoms with Crippen molar-refractivity contribution in [3.8, 4) is 0 Å². The zero-order valence-corrected chi connectivity index (χ0v) is 28.9. The summed E-state index contributed by atoms with van der Waals surface area (Å²) in [5, 5.41) is 30.6. The standard InChI is InChI=1S/C34H42F2N4O7S2/c1-3-4-15-49(46,47)21-29(40-33(44)24-11-8-13-37-20-24)34(45)39-28(18-22-16-25(35)19-26(36)17-22)31(42)30(41)27(12-14-48-2)38-32(43)23-9-6-5-7-10-23/h5-11,13,16-17,19-20,27-31,41-42H,3-4,12,14-15,18,21H2,1-2H3,(H,38,43)(H,39,45)(H,40,44)/t27-,28+,29-,30-,31-/m1/s1. The van der Waals surface area contributed by atoms with Gasteiger partial charge >= 0.3 is 0 Å².